The van der Waals surface area contributed by atoms with E-state index in [0.717, 1.165) is 12.2 Å². The molecular formula is C15H16ClN3. The molecule has 0 atom stereocenters. The molecule has 4 heteroatoms. The lowest BCUT2D eigenvalue weighted by Gasteiger charge is -2.21. The number of nitrogens with zero attached hydrogens (tertiary/aromatic N) is 1. The maximum atomic E-state index is 7.39. The minimum atomic E-state index is 0.0270. The first-order valence-electron chi connectivity index (χ1n) is 5.97. The highest BCUT2D eigenvalue weighted by Crippen LogP contribution is 2.27. The van der Waals surface area contributed by atoms with Crippen LogP contribution >= 0.6 is 11.6 Å². The lowest BCUT2D eigenvalue weighted by atomic mass is 10.1. The first-order valence-corrected chi connectivity index (χ1v) is 6.34. The van der Waals surface area contributed by atoms with Gasteiger partial charge < -0.3 is 10.6 Å². The van der Waals surface area contributed by atoms with Gasteiger partial charge in [-0.3, -0.25) is 5.41 Å². The van der Waals surface area contributed by atoms with Gasteiger partial charge >= 0.3 is 0 Å². The molecule has 0 saturated heterocycles. The molecule has 0 aliphatic rings. The van der Waals surface area contributed by atoms with Gasteiger partial charge in [-0.2, -0.15) is 0 Å². The number of nitrogens with one attached hydrogen (secondary N) is 1. The molecule has 0 spiro atoms. The van der Waals surface area contributed by atoms with Crippen molar-refractivity contribution in [2.75, 3.05) is 11.9 Å². The van der Waals surface area contributed by atoms with Crippen LogP contribution in [0.1, 0.15) is 11.1 Å². The highest BCUT2D eigenvalue weighted by molar-refractivity contribution is 6.33. The second-order valence-electron chi connectivity index (χ2n) is 4.42. The van der Waals surface area contributed by atoms with Crippen molar-refractivity contribution in [1.82, 2.24) is 0 Å². The Hall–Kier alpha value is -2.00. The highest BCUT2D eigenvalue weighted by atomic mass is 35.5. The van der Waals surface area contributed by atoms with Crippen molar-refractivity contribution in [3.05, 3.63) is 64.7 Å². The lowest BCUT2D eigenvalue weighted by Crippen LogP contribution is -2.17. The Morgan fingerprint density at radius 1 is 1.21 bits per heavy atom. The summed E-state index contributed by atoms with van der Waals surface area (Å²) in [5.41, 5.74) is 8.23. The van der Waals surface area contributed by atoms with E-state index in [1.165, 1.54) is 5.56 Å². The molecule has 0 saturated carbocycles. The molecule has 0 unspecified atom stereocenters. The number of amidine groups is 1. The molecule has 3 nitrogen and oxygen atoms in total. The van der Waals surface area contributed by atoms with E-state index in [1.54, 1.807) is 6.07 Å². The third kappa shape index (κ3) is 3.26. The van der Waals surface area contributed by atoms with E-state index in [2.05, 4.69) is 17.0 Å². The van der Waals surface area contributed by atoms with Crippen molar-refractivity contribution in [2.45, 2.75) is 6.54 Å². The van der Waals surface area contributed by atoms with Crippen LogP contribution in [0.25, 0.3) is 0 Å². The molecule has 0 aliphatic heterocycles. The fraction of sp³-hybridized carbons (Fsp3) is 0.133. The van der Waals surface area contributed by atoms with Crippen LogP contribution < -0.4 is 10.6 Å². The van der Waals surface area contributed by atoms with Crippen LogP contribution in [0.3, 0.4) is 0 Å². The Kier molecular flexibility index (Phi) is 4.07. The molecule has 0 bridgehead atoms. The monoisotopic (exact) mass is 273 g/mol. The van der Waals surface area contributed by atoms with E-state index in [0.29, 0.717) is 10.6 Å². The number of hydrogen-bond acceptors (Lipinski definition) is 2. The van der Waals surface area contributed by atoms with Gasteiger partial charge in [-0.25, -0.2) is 0 Å². The zero-order valence-corrected chi connectivity index (χ0v) is 11.5. The maximum absolute atomic E-state index is 7.39. The third-order valence-corrected chi connectivity index (χ3v) is 3.24. The molecule has 0 heterocycles. The summed E-state index contributed by atoms with van der Waals surface area (Å²) in [5.74, 6) is 0.0270. The summed E-state index contributed by atoms with van der Waals surface area (Å²) in [6.45, 7) is 0.778. The van der Waals surface area contributed by atoms with E-state index in [-0.39, 0.29) is 5.84 Å². The van der Waals surface area contributed by atoms with Crippen LogP contribution in [0, 0.1) is 5.41 Å². The molecule has 2 aromatic carbocycles. The molecule has 0 radical (unpaired) electrons. The molecule has 0 fully saturated rings. The summed E-state index contributed by atoms with van der Waals surface area (Å²) in [5, 5.41) is 8.00. The average molecular weight is 274 g/mol. The molecule has 2 rings (SSSR count). The highest BCUT2D eigenvalue weighted by Gasteiger charge is 2.08. The van der Waals surface area contributed by atoms with Gasteiger partial charge in [0.25, 0.3) is 0 Å². The summed E-state index contributed by atoms with van der Waals surface area (Å²) >= 11 is 6.24. The molecular weight excluding hydrogens is 258 g/mol. The number of benzene rings is 2. The van der Waals surface area contributed by atoms with E-state index < -0.39 is 0 Å². The quantitative estimate of drug-likeness (QED) is 0.664. The largest absolute Gasteiger partial charge is 0.384 e. The van der Waals surface area contributed by atoms with Crippen LogP contribution in [0.2, 0.25) is 5.02 Å². The van der Waals surface area contributed by atoms with E-state index >= 15 is 0 Å². The summed E-state index contributed by atoms with van der Waals surface area (Å²) in [4.78, 5) is 2.07. The number of nitrogen functional groups attached to an aromatic ring is 1. The van der Waals surface area contributed by atoms with Gasteiger partial charge in [0.15, 0.2) is 0 Å². The van der Waals surface area contributed by atoms with Gasteiger partial charge in [-0.15, -0.1) is 0 Å². The second kappa shape index (κ2) is 5.76. The number of hydrogen-bond donors (Lipinski definition) is 2. The number of rotatable bonds is 4. The van der Waals surface area contributed by atoms with Gasteiger partial charge in [0.2, 0.25) is 0 Å². The second-order valence-corrected chi connectivity index (χ2v) is 4.83. The Labute approximate surface area is 118 Å². The van der Waals surface area contributed by atoms with Crippen LogP contribution in [0.5, 0.6) is 0 Å². The molecule has 19 heavy (non-hydrogen) atoms. The maximum Gasteiger partial charge on any atom is 0.122 e. The van der Waals surface area contributed by atoms with Gasteiger partial charge in [0, 0.05) is 19.2 Å². The fourth-order valence-corrected chi connectivity index (χ4v) is 2.25. The minimum Gasteiger partial charge on any atom is -0.384 e. The molecule has 3 N–H and O–H groups in total. The van der Waals surface area contributed by atoms with Gasteiger partial charge in [-0.1, -0.05) is 41.9 Å². The molecule has 2 aromatic rings. The molecule has 0 aromatic heterocycles. The van der Waals surface area contributed by atoms with Crippen molar-refractivity contribution in [1.29, 1.82) is 5.41 Å². The van der Waals surface area contributed by atoms with Crippen LogP contribution in [-0.2, 0) is 6.54 Å². The topological polar surface area (TPSA) is 53.1 Å². The van der Waals surface area contributed by atoms with Gasteiger partial charge in [-0.05, 0) is 23.8 Å². The van der Waals surface area contributed by atoms with E-state index in [9.17, 15) is 0 Å². The SMILES string of the molecule is CN(Cc1ccccc1)c1ccc(C(=N)N)cc1Cl. The minimum absolute atomic E-state index is 0.0270. The summed E-state index contributed by atoms with van der Waals surface area (Å²) in [6.07, 6.45) is 0. The number of halogens is 1. The Bertz CT molecular complexity index is 581. The van der Waals surface area contributed by atoms with Gasteiger partial charge in [0.1, 0.15) is 5.84 Å². The molecule has 0 aliphatic carbocycles. The molecule has 98 valence electrons. The number of nitrogens with two attached hydrogens (primary N) is 1. The predicted molar refractivity (Wildman–Crippen MR) is 81.0 cm³/mol. The van der Waals surface area contributed by atoms with Crippen molar-refractivity contribution in [3.8, 4) is 0 Å². The zero-order valence-electron chi connectivity index (χ0n) is 10.7. The van der Waals surface area contributed by atoms with E-state index in [1.807, 2.05) is 37.4 Å². The number of anilines is 1. The van der Waals surface area contributed by atoms with Crippen molar-refractivity contribution in [3.63, 3.8) is 0 Å². The van der Waals surface area contributed by atoms with Crippen LogP contribution in [0.15, 0.2) is 48.5 Å². The Balaban J connectivity index is 2.20. The molecule has 0 amide bonds. The fourth-order valence-electron chi connectivity index (χ4n) is 1.93. The lowest BCUT2D eigenvalue weighted by molar-refractivity contribution is 0.923. The summed E-state index contributed by atoms with van der Waals surface area (Å²) < 4.78 is 0. The Morgan fingerprint density at radius 3 is 2.47 bits per heavy atom. The third-order valence-electron chi connectivity index (χ3n) is 2.93. The first-order chi connectivity index (χ1) is 9.08. The predicted octanol–water partition coefficient (Wildman–Crippen LogP) is 3.26. The Morgan fingerprint density at radius 2 is 1.89 bits per heavy atom. The summed E-state index contributed by atoms with van der Waals surface area (Å²) in [7, 11) is 1.99. The smallest absolute Gasteiger partial charge is 0.122 e. The normalized spacial score (nSPS) is 10.2. The zero-order chi connectivity index (χ0) is 13.8. The van der Waals surface area contributed by atoms with Crippen LogP contribution in [-0.4, -0.2) is 12.9 Å². The van der Waals surface area contributed by atoms with Gasteiger partial charge in [0.05, 0.1) is 10.7 Å². The van der Waals surface area contributed by atoms with Crippen molar-refractivity contribution < 1.29 is 0 Å². The average Bonchev–Trinajstić information content (AvgIpc) is 2.39. The van der Waals surface area contributed by atoms with Crippen molar-refractivity contribution >= 4 is 23.1 Å². The first kappa shape index (κ1) is 13.4. The van der Waals surface area contributed by atoms with Crippen LogP contribution in [0.4, 0.5) is 5.69 Å². The standard InChI is InChI=1S/C15H16ClN3/c1-19(10-11-5-3-2-4-6-11)14-8-7-12(15(17)18)9-13(14)16/h2-9H,10H2,1H3,(H3,17,18). The van der Waals surface area contributed by atoms with E-state index in [4.69, 9.17) is 22.7 Å². The summed E-state index contributed by atoms with van der Waals surface area (Å²) in [6, 6.07) is 15.6. The van der Waals surface area contributed by atoms with Crippen molar-refractivity contribution in [2.24, 2.45) is 5.73 Å².